The van der Waals surface area contributed by atoms with Crippen LogP contribution >= 0.6 is 0 Å². The summed E-state index contributed by atoms with van der Waals surface area (Å²) >= 11 is 0. The minimum atomic E-state index is -3.41. The summed E-state index contributed by atoms with van der Waals surface area (Å²) in [6.45, 7) is 1.73. The van der Waals surface area contributed by atoms with E-state index >= 15 is 0 Å². The van der Waals surface area contributed by atoms with Crippen LogP contribution in [0.3, 0.4) is 0 Å². The van der Waals surface area contributed by atoms with Crippen LogP contribution in [0.1, 0.15) is 36.8 Å². The topological polar surface area (TPSA) is 66.9 Å². The second-order valence-electron chi connectivity index (χ2n) is 7.71. The fourth-order valence-corrected chi connectivity index (χ4v) is 5.13. The Morgan fingerprint density at radius 1 is 0.967 bits per heavy atom. The molecule has 7 heteroatoms. The number of sulfonamides is 1. The third kappa shape index (κ3) is 5.61. The zero-order valence-electron chi connectivity index (χ0n) is 17.7. The van der Waals surface area contributed by atoms with Crippen LogP contribution in [-0.2, 0) is 27.8 Å². The molecule has 1 amide bonds. The van der Waals surface area contributed by atoms with Crippen molar-refractivity contribution in [2.24, 2.45) is 0 Å². The lowest BCUT2D eigenvalue weighted by atomic mass is 10.1. The number of nitrogens with zero attached hydrogens (tertiary/aromatic N) is 2. The molecule has 0 aliphatic carbocycles. The Morgan fingerprint density at radius 3 is 2.17 bits per heavy atom. The van der Waals surface area contributed by atoms with Gasteiger partial charge in [-0.3, -0.25) is 4.79 Å². The van der Waals surface area contributed by atoms with Crippen molar-refractivity contribution in [3.63, 3.8) is 0 Å². The predicted molar refractivity (Wildman–Crippen MR) is 117 cm³/mol. The van der Waals surface area contributed by atoms with Crippen LogP contribution in [0.4, 0.5) is 0 Å². The van der Waals surface area contributed by atoms with Crippen LogP contribution in [-0.4, -0.2) is 50.8 Å². The van der Waals surface area contributed by atoms with E-state index in [2.05, 4.69) is 0 Å². The molecule has 1 aliphatic heterocycles. The summed E-state index contributed by atoms with van der Waals surface area (Å²) in [7, 11) is 0.00385. The number of amides is 1. The first kappa shape index (κ1) is 22.3. The van der Waals surface area contributed by atoms with Gasteiger partial charge in [-0.2, -0.15) is 4.31 Å². The molecule has 0 radical (unpaired) electrons. The summed E-state index contributed by atoms with van der Waals surface area (Å²) in [5.74, 6) is 0.842. The van der Waals surface area contributed by atoms with Crippen LogP contribution in [0.5, 0.6) is 5.75 Å². The maximum atomic E-state index is 12.7. The van der Waals surface area contributed by atoms with Crippen molar-refractivity contribution in [3.8, 4) is 5.75 Å². The lowest BCUT2D eigenvalue weighted by Gasteiger charge is -2.25. The summed E-state index contributed by atoms with van der Waals surface area (Å²) in [5, 5.41) is 0. The number of carbonyl (C=O) groups is 1. The lowest BCUT2D eigenvalue weighted by molar-refractivity contribution is -0.130. The molecule has 0 atom stereocenters. The minimum absolute atomic E-state index is 0.0517. The molecule has 1 saturated heterocycles. The highest BCUT2D eigenvalue weighted by Gasteiger charge is 2.25. The molecule has 30 heavy (non-hydrogen) atoms. The van der Waals surface area contributed by atoms with E-state index in [4.69, 9.17) is 4.74 Å². The molecule has 1 aliphatic rings. The van der Waals surface area contributed by atoms with Gasteiger partial charge in [0, 0.05) is 33.1 Å². The Balaban J connectivity index is 1.53. The summed E-state index contributed by atoms with van der Waals surface area (Å²) < 4.78 is 32.2. The molecule has 0 spiro atoms. The number of hydrogen-bond donors (Lipinski definition) is 0. The Kier molecular flexibility index (Phi) is 7.50. The number of methoxy groups -OCH3 is 1. The van der Waals surface area contributed by atoms with Gasteiger partial charge in [-0.05, 0) is 54.7 Å². The fraction of sp³-hybridized carbons (Fsp3) is 0.435. The zero-order chi connectivity index (χ0) is 21.6. The number of aryl methyl sites for hydroxylation is 1. The molecule has 2 aromatic rings. The van der Waals surface area contributed by atoms with Crippen LogP contribution in [0.15, 0.2) is 53.4 Å². The molecule has 1 heterocycles. The van der Waals surface area contributed by atoms with Gasteiger partial charge >= 0.3 is 0 Å². The van der Waals surface area contributed by atoms with Gasteiger partial charge in [-0.25, -0.2) is 8.42 Å². The SMILES string of the molecule is COc1ccc(CN(C)C(=O)CCc2ccc(S(=O)(=O)N3CCCCC3)cc2)cc1. The van der Waals surface area contributed by atoms with E-state index in [1.54, 1.807) is 35.5 Å². The van der Waals surface area contributed by atoms with Gasteiger partial charge in [-0.1, -0.05) is 30.7 Å². The van der Waals surface area contributed by atoms with Crippen molar-refractivity contribution in [2.45, 2.75) is 43.5 Å². The third-order valence-electron chi connectivity index (χ3n) is 5.51. The fourth-order valence-electron chi connectivity index (χ4n) is 3.62. The molecule has 6 nitrogen and oxygen atoms in total. The highest BCUT2D eigenvalue weighted by Crippen LogP contribution is 2.21. The first-order chi connectivity index (χ1) is 14.4. The predicted octanol–water partition coefficient (Wildman–Crippen LogP) is 3.46. The third-order valence-corrected chi connectivity index (χ3v) is 7.42. The second kappa shape index (κ2) is 10.1. The summed E-state index contributed by atoms with van der Waals surface area (Å²) in [6.07, 6.45) is 3.89. The van der Waals surface area contributed by atoms with Crippen molar-refractivity contribution in [1.82, 2.24) is 9.21 Å². The van der Waals surface area contributed by atoms with Crippen molar-refractivity contribution < 1.29 is 17.9 Å². The lowest BCUT2D eigenvalue weighted by Crippen LogP contribution is -2.35. The van der Waals surface area contributed by atoms with E-state index in [-0.39, 0.29) is 5.91 Å². The highest BCUT2D eigenvalue weighted by molar-refractivity contribution is 7.89. The first-order valence-electron chi connectivity index (χ1n) is 10.4. The molecule has 0 N–H and O–H groups in total. The molecular weight excluding hydrogens is 400 g/mol. The van der Waals surface area contributed by atoms with Crippen LogP contribution in [0.2, 0.25) is 0 Å². The van der Waals surface area contributed by atoms with Gasteiger partial charge in [0.1, 0.15) is 5.75 Å². The van der Waals surface area contributed by atoms with Gasteiger partial charge in [0.05, 0.1) is 12.0 Å². The Labute approximate surface area is 179 Å². The van der Waals surface area contributed by atoms with Crippen LogP contribution in [0.25, 0.3) is 0 Å². The second-order valence-corrected chi connectivity index (χ2v) is 9.64. The number of benzene rings is 2. The summed E-state index contributed by atoms with van der Waals surface area (Å²) in [4.78, 5) is 14.5. The van der Waals surface area contributed by atoms with Crippen molar-refractivity contribution in [2.75, 3.05) is 27.2 Å². The standard InChI is InChI=1S/C23H30N2O4S/c1-24(18-20-6-11-21(29-2)12-7-20)23(26)15-10-19-8-13-22(14-9-19)30(27,28)25-16-4-3-5-17-25/h6-9,11-14H,3-5,10,15-18H2,1-2H3. The van der Waals surface area contributed by atoms with E-state index in [0.717, 1.165) is 36.1 Å². The van der Waals surface area contributed by atoms with Crippen molar-refractivity contribution in [3.05, 3.63) is 59.7 Å². The van der Waals surface area contributed by atoms with Gasteiger partial charge in [0.15, 0.2) is 0 Å². The average molecular weight is 431 g/mol. The van der Waals surface area contributed by atoms with E-state index in [1.807, 2.05) is 36.4 Å². The number of ether oxygens (including phenoxy) is 1. The molecule has 1 fully saturated rings. The Hall–Kier alpha value is -2.38. The van der Waals surface area contributed by atoms with E-state index < -0.39 is 10.0 Å². The van der Waals surface area contributed by atoms with E-state index in [0.29, 0.717) is 37.4 Å². The number of piperidine rings is 1. The molecule has 0 saturated carbocycles. The largest absolute Gasteiger partial charge is 0.497 e. The highest BCUT2D eigenvalue weighted by atomic mass is 32.2. The van der Waals surface area contributed by atoms with Gasteiger partial charge in [0.2, 0.25) is 15.9 Å². The molecule has 2 aromatic carbocycles. The summed E-state index contributed by atoms with van der Waals surface area (Å²) in [6, 6.07) is 14.6. The average Bonchev–Trinajstić information content (AvgIpc) is 2.78. The van der Waals surface area contributed by atoms with E-state index in [9.17, 15) is 13.2 Å². The van der Waals surface area contributed by atoms with Gasteiger partial charge < -0.3 is 9.64 Å². The molecule has 0 bridgehead atoms. The maximum absolute atomic E-state index is 12.7. The summed E-state index contributed by atoms with van der Waals surface area (Å²) in [5.41, 5.74) is 2.00. The van der Waals surface area contributed by atoms with Crippen molar-refractivity contribution >= 4 is 15.9 Å². The quantitative estimate of drug-likeness (QED) is 0.643. The molecular formula is C23H30N2O4S. The molecule has 162 valence electrons. The number of carbonyl (C=O) groups excluding carboxylic acids is 1. The zero-order valence-corrected chi connectivity index (χ0v) is 18.5. The van der Waals surface area contributed by atoms with Gasteiger partial charge in [-0.15, -0.1) is 0 Å². The number of rotatable bonds is 8. The molecule has 3 rings (SSSR count). The van der Waals surface area contributed by atoms with Crippen molar-refractivity contribution in [1.29, 1.82) is 0 Å². The van der Waals surface area contributed by atoms with Gasteiger partial charge in [0.25, 0.3) is 0 Å². The van der Waals surface area contributed by atoms with Crippen LogP contribution in [0, 0.1) is 0 Å². The Bertz CT molecular complexity index is 934. The minimum Gasteiger partial charge on any atom is -0.497 e. The van der Waals surface area contributed by atoms with E-state index in [1.165, 1.54) is 0 Å². The van der Waals surface area contributed by atoms with Crippen LogP contribution < -0.4 is 4.74 Å². The number of hydrogen-bond acceptors (Lipinski definition) is 4. The Morgan fingerprint density at radius 2 is 1.57 bits per heavy atom. The molecule has 0 aromatic heterocycles. The first-order valence-corrected chi connectivity index (χ1v) is 11.8. The molecule has 0 unspecified atom stereocenters. The normalized spacial score (nSPS) is 15.0. The smallest absolute Gasteiger partial charge is 0.243 e. The monoisotopic (exact) mass is 430 g/mol. The maximum Gasteiger partial charge on any atom is 0.243 e.